The fourth-order valence-corrected chi connectivity index (χ4v) is 2.19. The fourth-order valence-electron chi connectivity index (χ4n) is 2.19. The summed E-state index contributed by atoms with van der Waals surface area (Å²) < 4.78 is 0. The molecule has 0 amide bonds. The minimum Gasteiger partial charge on any atom is -0.411 e. The van der Waals surface area contributed by atoms with Gasteiger partial charge < -0.3 is 10.4 Å². The molecule has 0 bridgehead atoms. The number of unbranched alkanes of at least 4 members (excludes halogenated alkanes) is 2. The molecule has 0 atom stereocenters. The summed E-state index contributed by atoms with van der Waals surface area (Å²) in [6, 6.07) is 0. The van der Waals surface area contributed by atoms with Gasteiger partial charge in [0.2, 0.25) is 0 Å². The maximum absolute atomic E-state index is 9.14. The van der Waals surface area contributed by atoms with Crippen molar-refractivity contribution in [1.29, 1.82) is 0 Å². The maximum atomic E-state index is 9.14. The lowest BCUT2D eigenvalue weighted by atomic mass is 9.93. The Morgan fingerprint density at radius 2 is 1.12 bits per heavy atom. The molecular weight excluding hydrogens is 316 g/mol. The largest absolute Gasteiger partial charge is 0.411 e. The van der Waals surface area contributed by atoms with E-state index in [1.807, 2.05) is 13.8 Å². The summed E-state index contributed by atoms with van der Waals surface area (Å²) in [5.74, 6) is 0. The Labute approximate surface area is 152 Å². The molecule has 2 N–H and O–H groups in total. The minimum absolute atomic E-state index is 0.126. The molecule has 6 heteroatoms. The molecule has 0 aliphatic carbocycles. The van der Waals surface area contributed by atoms with E-state index in [4.69, 9.17) is 10.4 Å². The van der Waals surface area contributed by atoms with Gasteiger partial charge in [-0.15, -0.1) is 0 Å². The van der Waals surface area contributed by atoms with Crippen molar-refractivity contribution in [2.24, 2.45) is 25.7 Å². The maximum Gasteiger partial charge on any atom is 0.100 e. The molecule has 0 aliphatic heterocycles. The second-order valence-corrected chi connectivity index (χ2v) is 7.27. The van der Waals surface area contributed by atoms with Crippen LogP contribution in [0.1, 0.15) is 80.1 Å². The molecule has 0 spiro atoms. The quantitative estimate of drug-likeness (QED) is 0.295. The normalized spacial score (nSPS) is 15.0. The van der Waals surface area contributed by atoms with E-state index in [1.165, 1.54) is 0 Å². The number of aliphatic imine (C=N–C) groups is 2. The zero-order chi connectivity index (χ0) is 19.3. The van der Waals surface area contributed by atoms with Crippen molar-refractivity contribution in [2.75, 3.05) is 13.1 Å². The van der Waals surface area contributed by atoms with E-state index >= 15 is 0 Å². The lowest BCUT2D eigenvalue weighted by Gasteiger charge is -2.21. The van der Waals surface area contributed by atoms with E-state index in [0.717, 1.165) is 49.9 Å². The molecule has 0 aromatic carbocycles. The van der Waals surface area contributed by atoms with Gasteiger partial charge in [0.1, 0.15) is 11.4 Å². The standard InChI is InChI=1S/C19H36N4O2/c1-7-9-11-17(22-24)15(3)20-13-19(5,6)14-21-16(4)18(23-25)12-10-8-2/h24-25H,7-14H2,1-6H3. The molecule has 0 saturated carbocycles. The van der Waals surface area contributed by atoms with Gasteiger partial charge in [0.15, 0.2) is 0 Å². The predicted molar refractivity (Wildman–Crippen MR) is 107 cm³/mol. The number of hydrogen-bond acceptors (Lipinski definition) is 6. The van der Waals surface area contributed by atoms with E-state index in [0.29, 0.717) is 24.5 Å². The Morgan fingerprint density at radius 1 is 0.760 bits per heavy atom. The Balaban J connectivity index is 4.81. The number of oxime groups is 2. The van der Waals surface area contributed by atoms with E-state index < -0.39 is 0 Å². The lowest BCUT2D eigenvalue weighted by Crippen LogP contribution is -2.23. The average Bonchev–Trinajstić information content (AvgIpc) is 2.59. The van der Waals surface area contributed by atoms with Crippen molar-refractivity contribution >= 4 is 22.8 Å². The van der Waals surface area contributed by atoms with Gasteiger partial charge in [-0.25, -0.2) is 0 Å². The molecular formula is C19H36N4O2. The molecule has 0 aromatic rings. The zero-order valence-corrected chi connectivity index (χ0v) is 16.8. The summed E-state index contributed by atoms with van der Waals surface area (Å²) in [5, 5.41) is 25.0. The number of rotatable bonds is 12. The molecule has 25 heavy (non-hydrogen) atoms. The first-order valence-electron chi connectivity index (χ1n) is 9.26. The van der Waals surface area contributed by atoms with Crippen LogP contribution >= 0.6 is 0 Å². The lowest BCUT2D eigenvalue weighted by molar-refractivity contribution is 0.318. The van der Waals surface area contributed by atoms with Gasteiger partial charge in [-0.05, 0) is 39.5 Å². The zero-order valence-electron chi connectivity index (χ0n) is 16.8. The average molecular weight is 353 g/mol. The first kappa shape index (κ1) is 23.3. The Kier molecular flexibility index (Phi) is 11.7. The number of nitrogens with zero attached hydrogens (tertiary/aromatic N) is 4. The molecule has 0 fully saturated rings. The van der Waals surface area contributed by atoms with Gasteiger partial charge in [0.25, 0.3) is 0 Å². The summed E-state index contributed by atoms with van der Waals surface area (Å²) in [7, 11) is 0. The van der Waals surface area contributed by atoms with Gasteiger partial charge in [-0.2, -0.15) is 0 Å². The molecule has 0 heterocycles. The van der Waals surface area contributed by atoms with E-state index in [9.17, 15) is 0 Å². The van der Waals surface area contributed by atoms with Crippen molar-refractivity contribution in [3.63, 3.8) is 0 Å². The van der Waals surface area contributed by atoms with Crippen LogP contribution < -0.4 is 0 Å². The van der Waals surface area contributed by atoms with Gasteiger partial charge in [0, 0.05) is 18.5 Å². The van der Waals surface area contributed by atoms with Gasteiger partial charge in [-0.1, -0.05) is 50.8 Å². The number of hydrogen-bond donors (Lipinski definition) is 2. The Bertz CT molecular complexity index is 462. The SMILES string of the molecule is CCCCC(=NO)C(C)=NCC(C)(C)CN=C(C)C(CCCC)=NO. The van der Waals surface area contributed by atoms with Crippen LogP contribution in [0.15, 0.2) is 20.3 Å². The van der Waals surface area contributed by atoms with Crippen molar-refractivity contribution < 1.29 is 10.4 Å². The molecule has 0 saturated heterocycles. The third kappa shape index (κ3) is 9.99. The molecule has 0 rings (SSSR count). The highest BCUT2D eigenvalue weighted by Gasteiger charge is 2.18. The van der Waals surface area contributed by atoms with Crippen LogP contribution in [0.4, 0.5) is 0 Å². The van der Waals surface area contributed by atoms with Crippen molar-refractivity contribution in [3.05, 3.63) is 0 Å². The molecule has 0 unspecified atom stereocenters. The third-order valence-corrected chi connectivity index (χ3v) is 4.10. The summed E-state index contributed by atoms with van der Waals surface area (Å²) in [4.78, 5) is 9.18. The summed E-state index contributed by atoms with van der Waals surface area (Å²) in [5.41, 5.74) is 2.76. The van der Waals surface area contributed by atoms with Crippen molar-refractivity contribution in [2.45, 2.75) is 80.1 Å². The minimum atomic E-state index is -0.126. The van der Waals surface area contributed by atoms with Crippen LogP contribution in [0.2, 0.25) is 0 Å². The monoisotopic (exact) mass is 352 g/mol. The molecule has 6 nitrogen and oxygen atoms in total. The smallest absolute Gasteiger partial charge is 0.100 e. The molecule has 0 aromatic heterocycles. The molecule has 0 radical (unpaired) electrons. The van der Waals surface area contributed by atoms with Crippen LogP contribution in [0.25, 0.3) is 0 Å². The van der Waals surface area contributed by atoms with Crippen molar-refractivity contribution in [1.82, 2.24) is 0 Å². The summed E-state index contributed by atoms with van der Waals surface area (Å²) >= 11 is 0. The highest BCUT2D eigenvalue weighted by molar-refractivity contribution is 6.41. The van der Waals surface area contributed by atoms with Gasteiger partial charge in [0.05, 0.1) is 11.4 Å². The highest BCUT2D eigenvalue weighted by Crippen LogP contribution is 2.17. The van der Waals surface area contributed by atoms with Crippen molar-refractivity contribution in [3.8, 4) is 0 Å². The van der Waals surface area contributed by atoms with Crippen LogP contribution in [0, 0.1) is 5.41 Å². The van der Waals surface area contributed by atoms with Crippen LogP contribution in [0.3, 0.4) is 0 Å². The Hall–Kier alpha value is -1.72. The Morgan fingerprint density at radius 3 is 1.40 bits per heavy atom. The first-order valence-corrected chi connectivity index (χ1v) is 9.26. The highest BCUT2D eigenvalue weighted by atomic mass is 16.4. The van der Waals surface area contributed by atoms with Crippen LogP contribution in [0.5, 0.6) is 0 Å². The van der Waals surface area contributed by atoms with E-state index in [2.05, 4.69) is 48.0 Å². The fraction of sp³-hybridized carbons (Fsp3) is 0.789. The van der Waals surface area contributed by atoms with Crippen LogP contribution in [-0.2, 0) is 0 Å². The second-order valence-electron chi connectivity index (χ2n) is 7.27. The van der Waals surface area contributed by atoms with E-state index in [-0.39, 0.29) is 5.41 Å². The summed E-state index contributed by atoms with van der Waals surface area (Å²) in [6.45, 7) is 13.4. The summed E-state index contributed by atoms with van der Waals surface area (Å²) in [6.07, 6.45) is 5.57. The second kappa shape index (κ2) is 12.6. The first-order chi connectivity index (χ1) is 11.8. The van der Waals surface area contributed by atoms with E-state index in [1.54, 1.807) is 0 Å². The molecule has 144 valence electrons. The van der Waals surface area contributed by atoms with Gasteiger partial charge >= 0.3 is 0 Å². The predicted octanol–water partition coefficient (Wildman–Crippen LogP) is 4.98. The van der Waals surface area contributed by atoms with Gasteiger partial charge in [-0.3, -0.25) is 9.98 Å². The third-order valence-electron chi connectivity index (χ3n) is 4.10. The van der Waals surface area contributed by atoms with Crippen LogP contribution in [-0.4, -0.2) is 46.4 Å². The molecule has 0 aliphatic rings. The topological polar surface area (TPSA) is 89.9 Å².